The molecule has 0 fully saturated rings. The Bertz CT molecular complexity index is 356. The molecule has 1 heterocycles. The fourth-order valence-corrected chi connectivity index (χ4v) is 2.43. The maximum atomic E-state index is 5.32. The van der Waals surface area contributed by atoms with Crippen LogP contribution in [-0.4, -0.2) is 51.3 Å². The Balaban J connectivity index is 0.00000441. The first-order valence-corrected chi connectivity index (χ1v) is 8.06. The number of halogens is 1. The van der Waals surface area contributed by atoms with Crippen molar-refractivity contribution in [1.82, 2.24) is 10.2 Å². The van der Waals surface area contributed by atoms with Gasteiger partial charge in [-0.25, -0.2) is 0 Å². The van der Waals surface area contributed by atoms with E-state index in [1.807, 2.05) is 13.1 Å². The van der Waals surface area contributed by atoms with E-state index in [1.54, 1.807) is 0 Å². The average Bonchev–Trinajstić information content (AvgIpc) is 2.52. The second-order valence-electron chi connectivity index (χ2n) is 5.47. The standard InChI is InChI=1S/C17H31N3O.HI/c1-4-5-6-7-8-13-20(3)17(18-2)19-12-9-16-10-14-21-15-11-16;/h4,10H,1,5-9,11-15H2,2-3H3,(H,18,19);1H. The third-order valence-electron chi connectivity index (χ3n) is 3.76. The van der Waals surface area contributed by atoms with E-state index in [9.17, 15) is 0 Å². The lowest BCUT2D eigenvalue weighted by molar-refractivity contribution is 0.153. The summed E-state index contributed by atoms with van der Waals surface area (Å²) < 4.78 is 5.32. The van der Waals surface area contributed by atoms with Gasteiger partial charge in [0.1, 0.15) is 0 Å². The highest BCUT2D eigenvalue weighted by atomic mass is 127. The SMILES string of the molecule is C=CCCCCCN(C)C(=NC)NCCC1=CCOCC1.I. The van der Waals surface area contributed by atoms with Crippen molar-refractivity contribution >= 4 is 29.9 Å². The quantitative estimate of drug-likeness (QED) is 0.203. The van der Waals surface area contributed by atoms with E-state index < -0.39 is 0 Å². The summed E-state index contributed by atoms with van der Waals surface area (Å²) >= 11 is 0. The summed E-state index contributed by atoms with van der Waals surface area (Å²) in [6, 6.07) is 0. The first-order valence-electron chi connectivity index (χ1n) is 8.06. The molecule has 128 valence electrons. The molecular formula is C17H32IN3O. The minimum Gasteiger partial charge on any atom is -0.377 e. The lowest BCUT2D eigenvalue weighted by Crippen LogP contribution is -2.39. The molecule has 0 amide bonds. The maximum absolute atomic E-state index is 5.32. The molecule has 0 radical (unpaired) electrons. The lowest BCUT2D eigenvalue weighted by Gasteiger charge is -2.22. The zero-order valence-corrected chi connectivity index (χ0v) is 16.5. The van der Waals surface area contributed by atoms with E-state index in [0.29, 0.717) is 0 Å². The smallest absolute Gasteiger partial charge is 0.193 e. The van der Waals surface area contributed by atoms with Gasteiger partial charge in [0, 0.05) is 27.2 Å². The van der Waals surface area contributed by atoms with Gasteiger partial charge < -0.3 is 15.0 Å². The van der Waals surface area contributed by atoms with Crippen molar-refractivity contribution in [2.75, 3.05) is 40.4 Å². The Kier molecular flexibility index (Phi) is 13.7. The molecule has 1 N–H and O–H groups in total. The number of unbranched alkanes of at least 4 members (excludes halogenated alkanes) is 3. The van der Waals surface area contributed by atoms with E-state index in [0.717, 1.165) is 51.5 Å². The predicted octanol–water partition coefficient (Wildman–Crippen LogP) is 3.59. The van der Waals surface area contributed by atoms with Crippen molar-refractivity contribution in [1.29, 1.82) is 0 Å². The normalized spacial score (nSPS) is 14.8. The molecule has 1 aliphatic rings. The van der Waals surface area contributed by atoms with Crippen LogP contribution in [0.3, 0.4) is 0 Å². The number of hydrogen-bond donors (Lipinski definition) is 1. The number of guanidine groups is 1. The van der Waals surface area contributed by atoms with Crippen LogP contribution in [0.25, 0.3) is 0 Å². The Hall–Kier alpha value is -0.560. The van der Waals surface area contributed by atoms with Gasteiger partial charge in [-0.3, -0.25) is 4.99 Å². The zero-order valence-electron chi connectivity index (χ0n) is 14.1. The molecule has 0 unspecified atom stereocenters. The van der Waals surface area contributed by atoms with Gasteiger partial charge in [0.15, 0.2) is 5.96 Å². The molecule has 4 nitrogen and oxygen atoms in total. The highest BCUT2D eigenvalue weighted by Gasteiger charge is 2.07. The molecule has 0 aromatic carbocycles. The molecule has 0 saturated carbocycles. The van der Waals surface area contributed by atoms with Gasteiger partial charge in [-0.2, -0.15) is 0 Å². The van der Waals surface area contributed by atoms with Gasteiger partial charge in [-0.15, -0.1) is 30.6 Å². The van der Waals surface area contributed by atoms with Crippen molar-refractivity contribution in [3.05, 3.63) is 24.3 Å². The van der Waals surface area contributed by atoms with Crippen LogP contribution in [0.4, 0.5) is 0 Å². The largest absolute Gasteiger partial charge is 0.377 e. The van der Waals surface area contributed by atoms with E-state index in [2.05, 4.69) is 34.9 Å². The molecular weight excluding hydrogens is 389 g/mol. The third-order valence-corrected chi connectivity index (χ3v) is 3.76. The number of nitrogens with zero attached hydrogens (tertiary/aromatic N) is 2. The van der Waals surface area contributed by atoms with E-state index >= 15 is 0 Å². The Morgan fingerprint density at radius 1 is 1.45 bits per heavy atom. The van der Waals surface area contributed by atoms with Crippen molar-refractivity contribution in [2.24, 2.45) is 4.99 Å². The summed E-state index contributed by atoms with van der Waals surface area (Å²) in [6.45, 7) is 7.39. The van der Waals surface area contributed by atoms with Crippen LogP contribution in [0.5, 0.6) is 0 Å². The molecule has 0 aromatic heterocycles. The molecule has 0 atom stereocenters. The van der Waals surface area contributed by atoms with E-state index in [-0.39, 0.29) is 24.0 Å². The van der Waals surface area contributed by atoms with Crippen LogP contribution in [0.2, 0.25) is 0 Å². The van der Waals surface area contributed by atoms with Crippen molar-refractivity contribution < 1.29 is 4.74 Å². The minimum atomic E-state index is 0. The third kappa shape index (κ3) is 9.46. The summed E-state index contributed by atoms with van der Waals surface area (Å²) in [5, 5.41) is 3.45. The number of nitrogens with one attached hydrogen (secondary N) is 1. The van der Waals surface area contributed by atoms with Crippen molar-refractivity contribution in [3.8, 4) is 0 Å². The fraction of sp³-hybridized carbons (Fsp3) is 0.706. The summed E-state index contributed by atoms with van der Waals surface area (Å²) in [4.78, 5) is 6.57. The molecule has 0 spiro atoms. The van der Waals surface area contributed by atoms with Gasteiger partial charge in [-0.1, -0.05) is 24.1 Å². The second kappa shape index (κ2) is 14.1. The Morgan fingerprint density at radius 3 is 2.91 bits per heavy atom. The highest BCUT2D eigenvalue weighted by Crippen LogP contribution is 2.10. The number of ether oxygens (including phenoxy) is 1. The fourth-order valence-electron chi connectivity index (χ4n) is 2.43. The molecule has 22 heavy (non-hydrogen) atoms. The van der Waals surface area contributed by atoms with Crippen LogP contribution in [-0.2, 0) is 4.74 Å². The molecule has 5 heteroatoms. The summed E-state index contributed by atoms with van der Waals surface area (Å²) in [6.07, 6.45) is 11.2. The zero-order chi connectivity index (χ0) is 15.3. The van der Waals surface area contributed by atoms with Crippen LogP contribution in [0.1, 0.15) is 38.5 Å². The summed E-state index contributed by atoms with van der Waals surface area (Å²) in [5.41, 5.74) is 1.50. The molecule has 0 saturated heterocycles. The summed E-state index contributed by atoms with van der Waals surface area (Å²) in [7, 11) is 3.96. The van der Waals surface area contributed by atoms with Crippen molar-refractivity contribution in [2.45, 2.75) is 38.5 Å². The number of allylic oxidation sites excluding steroid dienone is 1. The maximum Gasteiger partial charge on any atom is 0.193 e. The van der Waals surface area contributed by atoms with Gasteiger partial charge >= 0.3 is 0 Å². The first-order chi connectivity index (χ1) is 10.3. The number of aliphatic imine (C=N–C) groups is 1. The Labute approximate surface area is 153 Å². The first kappa shape index (κ1) is 21.4. The number of hydrogen-bond acceptors (Lipinski definition) is 2. The van der Waals surface area contributed by atoms with Crippen LogP contribution < -0.4 is 5.32 Å². The van der Waals surface area contributed by atoms with Crippen LogP contribution in [0.15, 0.2) is 29.3 Å². The molecule has 1 aliphatic heterocycles. The van der Waals surface area contributed by atoms with Gasteiger partial charge in [0.25, 0.3) is 0 Å². The van der Waals surface area contributed by atoms with Crippen molar-refractivity contribution in [3.63, 3.8) is 0 Å². The molecule has 1 rings (SSSR count). The van der Waals surface area contributed by atoms with Gasteiger partial charge in [-0.05, 0) is 32.1 Å². The van der Waals surface area contributed by atoms with Crippen LogP contribution in [0, 0.1) is 0 Å². The minimum absolute atomic E-state index is 0. The van der Waals surface area contributed by atoms with Gasteiger partial charge in [0.2, 0.25) is 0 Å². The van der Waals surface area contributed by atoms with Gasteiger partial charge in [0.05, 0.1) is 13.2 Å². The molecule has 0 aliphatic carbocycles. The molecule has 0 bridgehead atoms. The molecule has 0 aromatic rings. The summed E-state index contributed by atoms with van der Waals surface area (Å²) in [5.74, 6) is 0.992. The second-order valence-corrected chi connectivity index (χ2v) is 5.47. The monoisotopic (exact) mass is 421 g/mol. The Morgan fingerprint density at radius 2 is 2.27 bits per heavy atom. The lowest BCUT2D eigenvalue weighted by atomic mass is 10.1. The predicted molar refractivity (Wildman–Crippen MR) is 106 cm³/mol. The highest BCUT2D eigenvalue weighted by molar-refractivity contribution is 14.0. The van der Waals surface area contributed by atoms with Crippen LogP contribution >= 0.6 is 24.0 Å². The topological polar surface area (TPSA) is 36.9 Å². The van der Waals surface area contributed by atoms with E-state index in [4.69, 9.17) is 4.74 Å². The van der Waals surface area contributed by atoms with E-state index in [1.165, 1.54) is 24.8 Å². The number of rotatable bonds is 9. The average molecular weight is 421 g/mol.